The summed E-state index contributed by atoms with van der Waals surface area (Å²) >= 11 is 0. The summed E-state index contributed by atoms with van der Waals surface area (Å²) in [6, 6.07) is 16.4. The predicted octanol–water partition coefficient (Wildman–Crippen LogP) is 0.424. The maximum atomic E-state index is 13.2. The summed E-state index contributed by atoms with van der Waals surface area (Å²) in [5.74, 6) is 1.80. The van der Waals surface area contributed by atoms with Gasteiger partial charge in [0, 0.05) is 18.7 Å². The summed E-state index contributed by atoms with van der Waals surface area (Å²) in [6.07, 6.45) is 0. The van der Waals surface area contributed by atoms with E-state index in [-0.39, 0.29) is 11.9 Å². The maximum absolute atomic E-state index is 13.2. The lowest BCUT2D eigenvalue weighted by Gasteiger charge is -2.34. The number of nitrogens with zero attached hydrogens (tertiary/aromatic N) is 1. The molecule has 1 saturated heterocycles. The first-order valence-electron chi connectivity index (χ1n) is 11.3. The molecule has 0 spiro atoms. The lowest BCUT2D eigenvalue weighted by atomic mass is 10.1. The molecular formula is C25H37N3O3+2. The highest BCUT2D eigenvalue weighted by Gasteiger charge is 2.33. The van der Waals surface area contributed by atoms with Crippen molar-refractivity contribution in [3.05, 3.63) is 59.7 Å². The van der Waals surface area contributed by atoms with Crippen molar-refractivity contribution in [3.8, 4) is 11.5 Å². The van der Waals surface area contributed by atoms with E-state index in [2.05, 4.69) is 38.1 Å². The number of ether oxygens (including phenoxy) is 2. The lowest BCUT2D eigenvalue weighted by Crippen LogP contribution is -3.29. The molecule has 0 aliphatic carbocycles. The molecule has 1 fully saturated rings. The topological polar surface area (TPSA) is 47.7 Å². The van der Waals surface area contributed by atoms with Crippen molar-refractivity contribution in [2.24, 2.45) is 0 Å². The van der Waals surface area contributed by atoms with E-state index in [4.69, 9.17) is 9.47 Å². The Bertz CT molecular complexity index is 835. The third-order valence-corrected chi connectivity index (χ3v) is 6.39. The van der Waals surface area contributed by atoms with Gasteiger partial charge in [0.2, 0.25) is 0 Å². The second-order valence-corrected chi connectivity index (χ2v) is 8.33. The number of carbonyl (C=O) groups is 1. The summed E-state index contributed by atoms with van der Waals surface area (Å²) in [6.45, 7) is 10.7. The van der Waals surface area contributed by atoms with Crippen molar-refractivity contribution in [2.45, 2.75) is 33.0 Å². The van der Waals surface area contributed by atoms with Crippen LogP contribution in [0, 0.1) is 0 Å². The molecule has 1 heterocycles. The van der Waals surface area contributed by atoms with Gasteiger partial charge in [-0.25, -0.2) is 0 Å². The molecule has 168 valence electrons. The lowest BCUT2D eigenvalue weighted by molar-refractivity contribution is -1.02. The molecule has 1 atom stereocenters. The number of benzene rings is 2. The van der Waals surface area contributed by atoms with Crippen molar-refractivity contribution >= 4 is 5.91 Å². The largest absolute Gasteiger partial charge is 0.493 e. The fourth-order valence-corrected chi connectivity index (χ4v) is 4.41. The van der Waals surface area contributed by atoms with E-state index < -0.39 is 0 Å². The minimum absolute atomic E-state index is 0.00806. The summed E-state index contributed by atoms with van der Waals surface area (Å²) in [5.41, 5.74) is 2.43. The van der Waals surface area contributed by atoms with Crippen molar-refractivity contribution in [1.29, 1.82) is 0 Å². The molecule has 2 aromatic rings. The van der Waals surface area contributed by atoms with Crippen LogP contribution in [0.25, 0.3) is 0 Å². The van der Waals surface area contributed by atoms with Crippen molar-refractivity contribution in [1.82, 2.24) is 4.90 Å². The van der Waals surface area contributed by atoms with Crippen molar-refractivity contribution < 1.29 is 24.1 Å². The van der Waals surface area contributed by atoms with Crippen LogP contribution < -0.4 is 19.3 Å². The third kappa shape index (κ3) is 5.99. The molecule has 0 unspecified atom stereocenters. The number of amides is 1. The first-order chi connectivity index (χ1) is 15.0. The monoisotopic (exact) mass is 427 g/mol. The SMILES string of the molecule is CCN(Cc1ccccc1)C(=O)[C@@H](C)[NH+]1CC[NH+](Cc2ccc(OC)c(OC)c2)CC1. The highest BCUT2D eigenvalue weighted by atomic mass is 16.5. The van der Waals surface area contributed by atoms with E-state index in [1.54, 1.807) is 19.1 Å². The zero-order valence-electron chi connectivity index (χ0n) is 19.3. The van der Waals surface area contributed by atoms with Gasteiger partial charge in [0.15, 0.2) is 17.5 Å². The van der Waals surface area contributed by atoms with Crippen LogP contribution >= 0.6 is 0 Å². The number of piperazine rings is 1. The molecule has 1 aliphatic rings. The second kappa shape index (κ2) is 11.2. The van der Waals surface area contributed by atoms with Gasteiger partial charge < -0.3 is 24.2 Å². The summed E-state index contributed by atoms with van der Waals surface area (Å²) in [5, 5.41) is 0. The molecular weight excluding hydrogens is 390 g/mol. The van der Waals surface area contributed by atoms with Crippen molar-refractivity contribution in [3.63, 3.8) is 0 Å². The molecule has 31 heavy (non-hydrogen) atoms. The number of rotatable bonds is 9. The quantitative estimate of drug-likeness (QED) is 0.610. The first kappa shape index (κ1) is 23.1. The molecule has 0 saturated carbocycles. The molecule has 1 amide bonds. The van der Waals surface area contributed by atoms with E-state index in [0.29, 0.717) is 6.54 Å². The number of nitrogens with one attached hydrogen (secondary N) is 2. The predicted molar refractivity (Wildman–Crippen MR) is 122 cm³/mol. The van der Waals surface area contributed by atoms with E-state index >= 15 is 0 Å². The van der Waals surface area contributed by atoms with Crippen LogP contribution in [-0.4, -0.2) is 63.8 Å². The highest BCUT2D eigenvalue weighted by molar-refractivity contribution is 5.80. The summed E-state index contributed by atoms with van der Waals surface area (Å²) in [4.78, 5) is 18.1. The van der Waals surface area contributed by atoms with E-state index in [0.717, 1.165) is 50.8 Å². The number of likely N-dealkylation sites (N-methyl/N-ethyl adjacent to an activating group) is 1. The molecule has 0 radical (unpaired) electrons. The van der Waals surface area contributed by atoms with Gasteiger partial charge in [0.25, 0.3) is 5.91 Å². The van der Waals surface area contributed by atoms with Crippen LogP contribution in [0.2, 0.25) is 0 Å². The average molecular weight is 428 g/mol. The minimum atomic E-state index is -0.00806. The fourth-order valence-electron chi connectivity index (χ4n) is 4.41. The van der Waals surface area contributed by atoms with Gasteiger partial charge in [0.05, 0.1) is 14.2 Å². The zero-order chi connectivity index (χ0) is 22.2. The van der Waals surface area contributed by atoms with Gasteiger partial charge in [-0.05, 0) is 37.6 Å². The molecule has 2 N–H and O–H groups in total. The van der Waals surface area contributed by atoms with Gasteiger partial charge >= 0.3 is 0 Å². The molecule has 6 nitrogen and oxygen atoms in total. The molecule has 3 rings (SSSR count). The van der Waals surface area contributed by atoms with Gasteiger partial charge in [-0.2, -0.15) is 0 Å². The van der Waals surface area contributed by atoms with Crippen molar-refractivity contribution in [2.75, 3.05) is 46.9 Å². The number of hydrogen-bond acceptors (Lipinski definition) is 3. The molecule has 0 aromatic heterocycles. The van der Waals surface area contributed by atoms with Crippen LogP contribution in [0.4, 0.5) is 0 Å². The van der Waals surface area contributed by atoms with Crippen LogP contribution in [0.15, 0.2) is 48.5 Å². The summed E-state index contributed by atoms with van der Waals surface area (Å²) < 4.78 is 10.8. The zero-order valence-corrected chi connectivity index (χ0v) is 19.3. The Morgan fingerprint density at radius 2 is 1.65 bits per heavy atom. The number of hydrogen-bond donors (Lipinski definition) is 2. The van der Waals surface area contributed by atoms with Gasteiger partial charge in [0.1, 0.15) is 32.7 Å². The Hall–Kier alpha value is -2.57. The minimum Gasteiger partial charge on any atom is -0.493 e. The Labute approximate surface area is 186 Å². The number of methoxy groups -OCH3 is 2. The van der Waals surface area contributed by atoms with Gasteiger partial charge in [-0.1, -0.05) is 30.3 Å². The van der Waals surface area contributed by atoms with Crippen LogP contribution in [0.5, 0.6) is 11.5 Å². The number of quaternary nitrogens is 2. The Morgan fingerprint density at radius 3 is 2.26 bits per heavy atom. The molecule has 1 aliphatic heterocycles. The normalized spacial score (nSPS) is 19.5. The van der Waals surface area contributed by atoms with Crippen LogP contribution in [0.1, 0.15) is 25.0 Å². The standard InChI is InChI=1S/C25H35N3O3/c1-5-27(19-21-9-7-6-8-10-21)25(29)20(2)28-15-13-26(14-16-28)18-22-11-12-23(30-3)24(17-22)31-4/h6-12,17,20H,5,13-16,18-19H2,1-4H3/p+2/t20-/m1/s1. The second-order valence-electron chi connectivity index (χ2n) is 8.33. The summed E-state index contributed by atoms with van der Waals surface area (Å²) in [7, 11) is 3.33. The average Bonchev–Trinajstić information content (AvgIpc) is 2.82. The molecule has 6 heteroatoms. The van der Waals surface area contributed by atoms with Gasteiger partial charge in [-0.15, -0.1) is 0 Å². The third-order valence-electron chi connectivity index (χ3n) is 6.39. The molecule has 2 aromatic carbocycles. The van der Waals surface area contributed by atoms with Gasteiger partial charge in [-0.3, -0.25) is 4.79 Å². The Morgan fingerprint density at radius 1 is 0.968 bits per heavy atom. The Balaban J connectivity index is 1.53. The molecule has 0 bridgehead atoms. The van der Waals surface area contributed by atoms with E-state index in [9.17, 15) is 4.79 Å². The van der Waals surface area contributed by atoms with E-state index in [1.807, 2.05) is 29.2 Å². The Kier molecular flexibility index (Phi) is 8.32. The smallest absolute Gasteiger partial charge is 0.280 e. The van der Waals surface area contributed by atoms with Crippen LogP contribution in [0.3, 0.4) is 0 Å². The maximum Gasteiger partial charge on any atom is 0.280 e. The first-order valence-corrected chi connectivity index (χ1v) is 11.3. The van der Waals surface area contributed by atoms with Crippen LogP contribution in [-0.2, 0) is 17.9 Å². The number of carbonyl (C=O) groups excluding carboxylic acids is 1. The van der Waals surface area contributed by atoms with E-state index in [1.165, 1.54) is 16.0 Å². The highest BCUT2D eigenvalue weighted by Crippen LogP contribution is 2.27. The fraction of sp³-hybridized carbons (Fsp3) is 0.480.